The first-order valence-corrected chi connectivity index (χ1v) is 8.76. The molecular weight excluding hydrogens is 340 g/mol. The molecule has 4 heteroatoms. The van der Waals surface area contributed by atoms with Gasteiger partial charge in [0, 0.05) is 5.33 Å². The van der Waals surface area contributed by atoms with Crippen LogP contribution in [0.25, 0.3) is 0 Å². The summed E-state index contributed by atoms with van der Waals surface area (Å²) in [5.41, 5.74) is 1.10. The molecule has 110 valence electrons. The summed E-state index contributed by atoms with van der Waals surface area (Å²) in [5, 5.41) is 1.40. The predicted molar refractivity (Wildman–Crippen MR) is 85.1 cm³/mol. The fourth-order valence-electron chi connectivity index (χ4n) is 3.76. The molecule has 0 N–H and O–H groups in total. The Hall–Kier alpha value is -0.410. The molecule has 0 saturated heterocycles. The molecule has 0 spiro atoms. The van der Waals surface area contributed by atoms with Crippen LogP contribution >= 0.6 is 27.5 Å². The van der Waals surface area contributed by atoms with Gasteiger partial charge in [-0.25, -0.2) is 0 Å². The van der Waals surface area contributed by atoms with E-state index in [1.165, 1.54) is 25.7 Å². The van der Waals surface area contributed by atoms with Gasteiger partial charge >= 0.3 is 0 Å². The van der Waals surface area contributed by atoms with Crippen LogP contribution in [0, 0.1) is 17.8 Å². The van der Waals surface area contributed by atoms with Gasteiger partial charge in [0.25, 0.3) is 0 Å². The summed E-state index contributed by atoms with van der Waals surface area (Å²) in [6, 6.07) is 3.92. The quantitative estimate of drug-likeness (QED) is 0.684. The zero-order valence-corrected chi connectivity index (χ0v) is 14.0. The molecule has 2 aliphatic carbocycles. The van der Waals surface area contributed by atoms with Crippen LogP contribution < -0.4 is 9.47 Å². The van der Waals surface area contributed by atoms with Crippen LogP contribution in [0.2, 0.25) is 5.02 Å². The molecular formula is C16H20BrClO2. The number of halogens is 2. The van der Waals surface area contributed by atoms with Crippen molar-refractivity contribution in [2.45, 2.75) is 31.0 Å². The number of hydrogen-bond donors (Lipinski definition) is 0. The maximum atomic E-state index is 6.33. The summed E-state index contributed by atoms with van der Waals surface area (Å²) in [6.07, 6.45) is 5.53. The Labute approximate surface area is 133 Å². The molecule has 2 fully saturated rings. The van der Waals surface area contributed by atoms with E-state index in [2.05, 4.69) is 15.9 Å². The SMILES string of the molecule is COc1cc(CBr)cc(Cl)c1OCC1CC2CCC1C2. The second kappa shape index (κ2) is 6.15. The smallest absolute Gasteiger partial charge is 0.179 e. The van der Waals surface area contributed by atoms with Gasteiger partial charge < -0.3 is 9.47 Å². The molecule has 0 amide bonds. The van der Waals surface area contributed by atoms with Crippen LogP contribution in [0.3, 0.4) is 0 Å². The first kappa shape index (κ1) is 14.5. The number of alkyl halides is 1. The number of hydrogen-bond acceptors (Lipinski definition) is 2. The molecule has 0 aromatic heterocycles. The van der Waals surface area contributed by atoms with Crippen molar-refractivity contribution in [1.29, 1.82) is 0 Å². The molecule has 2 bridgehead atoms. The van der Waals surface area contributed by atoms with Gasteiger partial charge in [-0.3, -0.25) is 0 Å². The molecule has 0 radical (unpaired) electrons. The van der Waals surface area contributed by atoms with E-state index in [1.54, 1.807) is 7.11 Å². The Balaban J connectivity index is 1.70. The lowest BCUT2D eigenvalue weighted by Crippen LogP contribution is -2.18. The Bertz CT molecular complexity index is 492. The summed E-state index contributed by atoms with van der Waals surface area (Å²) in [4.78, 5) is 0. The van der Waals surface area contributed by atoms with Crippen molar-refractivity contribution >= 4 is 27.5 Å². The zero-order chi connectivity index (χ0) is 14.1. The van der Waals surface area contributed by atoms with Gasteiger partial charge in [-0.1, -0.05) is 34.0 Å². The van der Waals surface area contributed by atoms with E-state index >= 15 is 0 Å². The molecule has 3 rings (SSSR count). The van der Waals surface area contributed by atoms with E-state index in [-0.39, 0.29) is 0 Å². The average Bonchev–Trinajstić information content (AvgIpc) is 3.07. The Kier molecular flexibility index (Phi) is 4.46. The van der Waals surface area contributed by atoms with Crippen molar-refractivity contribution in [2.75, 3.05) is 13.7 Å². The number of fused-ring (bicyclic) bond motifs is 2. The largest absolute Gasteiger partial charge is 0.493 e. The summed E-state index contributed by atoms with van der Waals surface area (Å²) in [6.45, 7) is 0.769. The van der Waals surface area contributed by atoms with Crippen LogP contribution in [0.15, 0.2) is 12.1 Å². The summed E-state index contributed by atoms with van der Waals surface area (Å²) in [5.74, 6) is 3.94. The van der Waals surface area contributed by atoms with Crippen LogP contribution in [-0.4, -0.2) is 13.7 Å². The highest BCUT2D eigenvalue weighted by Gasteiger charge is 2.39. The van der Waals surface area contributed by atoms with Crippen molar-refractivity contribution in [1.82, 2.24) is 0 Å². The zero-order valence-electron chi connectivity index (χ0n) is 11.7. The monoisotopic (exact) mass is 358 g/mol. The molecule has 20 heavy (non-hydrogen) atoms. The minimum absolute atomic E-state index is 0.641. The molecule has 0 aliphatic heterocycles. The van der Waals surface area contributed by atoms with E-state index in [4.69, 9.17) is 21.1 Å². The lowest BCUT2D eigenvalue weighted by atomic mass is 9.89. The van der Waals surface area contributed by atoms with Gasteiger partial charge in [-0.15, -0.1) is 0 Å². The lowest BCUT2D eigenvalue weighted by Gasteiger charge is -2.23. The maximum absolute atomic E-state index is 6.33. The fourth-order valence-corrected chi connectivity index (χ4v) is 4.37. The lowest BCUT2D eigenvalue weighted by molar-refractivity contribution is 0.190. The maximum Gasteiger partial charge on any atom is 0.179 e. The Morgan fingerprint density at radius 2 is 2.15 bits per heavy atom. The summed E-state index contributed by atoms with van der Waals surface area (Å²) < 4.78 is 11.4. The molecule has 1 aromatic rings. The number of ether oxygens (including phenoxy) is 2. The third kappa shape index (κ3) is 2.80. The minimum Gasteiger partial charge on any atom is -0.493 e. The van der Waals surface area contributed by atoms with Crippen LogP contribution in [0.4, 0.5) is 0 Å². The number of methoxy groups -OCH3 is 1. The molecule has 2 aliphatic rings. The normalized spacial score (nSPS) is 27.9. The van der Waals surface area contributed by atoms with Gasteiger partial charge in [0.05, 0.1) is 18.7 Å². The highest BCUT2D eigenvalue weighted by atomic mass is 79.9. The van der Waals surface area contributed by atoms with Crippen molar-refractivity contribution in [3.63, 3.8) is 0 Å². The Morgan fingerprint density at radius 3 is 2.75 bits per heavy atom. The predicted octanol–water partition coefficient (Wildman–Crippen LogP) is 5.06. The minimum atomic E-state index is 0.641. The van der Waals surface area contributed by atoms with Crippen LogP contribution in [0.1, 0.15) is 31.2 Å². The van der Waals surface area contributed by atoms with Crippen LogP contribution in [-0.2, 0) is 5.33 Å². The molecule has 1 aromatic carbocycles. The average molecular weight is 360 g/mol. The number of benzene rings is 1. The molecule has 2 nitrogen and oxygen atoms in total. The van der Waals surface area contributed by atoms with E-state index in [0.717, 1.165) is 35.1 Å². The summed E-state index contributed by atoms with van der Waals surface area (Å²) >= 11 is 9.77. The Morgan fingerprint density at radius 1 is 1.30 bits per heavy atom. The van der Waals surface area contributed by atoms with E-state index in [1.807, 2.05) is 12.1 Å². The highest BCUT2D eigenvalue weighted by molar-refractivity contribution is 9.08. The third-order valence-corrected chi connectivity index (χ3v) is 5.70. The van der Waals surface area contributed by atoms with Crippen molar-refractivity contribution in [3.8, 4) is 11.5 Å². The third-order valence-electron chi connectivity index (χ3n) is 4.77. The van der Waals surface area contributed by atoms with Crippen molar-refractivity contribution in [3.05, 3.63) is 22.7 Å². The van der Waals surface area contributed by atoms with E-state index < -0.39 is 0 Å². The van der Waals surface area contributed by atoms with E-state index in [9.17, 15) is 0 Å². The van der Waals surface area contributed by atoms with Crippen molar-refractivity contribution in [2.24, 2.45) is 17.8 Å². The van der Waals surface area contributed by atoms with Gasteiger partial charge in [-0.2, -0.15) is 0 Å². The fraction of sp³-hybridized carbons (Fsp3) is 0.625. The van der Waals surface area contributed by atoms with Crippen LogP contribution in [0.5, 0.6) is 11.5 Å². The summed E-state index contributed by atoms with van der Waals surface area (Å²) in [7, 11) is 1.66. The second-order valence-corrected chi connectivity index (χ2v) is 6.96. The first-order chi connectivity index (χ1) is 9.71. The molecule has 0 heterocycles. The van der Waals surface area contributed by atoms with Gasteiger partial charge in [0.1, 0.15) is 0 Å². The standard InChI is InChI=1S/C16H20BrClO2/c1-19-15-7-11(8-17)6-14(18)16(15)20-9-13-5-10-2-3-12(13)4-10/h6-7,10,12-13H,2-5,8-9H2,1H3. The van der Waals surface area contributed by atoms with Gasteiger partial charge in [0.15, 0.2) is 11.5 Å². The number of rotatable bonds is 5. The molecule has 2 saturated carbocycles. The molecule has 3 unspecified atom stereocenters. The van der Waals surface area contributed by atoms with Crippen molar-refractivity contribution < 1.29 is 9.47 Å². The first-order valence-electron chi connectivity index (χ1n) is 7.26. The second-order valence-electron chi connectivity index (χ2n) is 5.99. The van der Waals surface area contributed by atoms with Gasteiger partial charge in [0.2, 0.25) is 0 Å². The van der Waals surface area contributed by atoms with Gasteiger partial charge in [-0.05, 0) is 54.7 Å². The topological polar surface area (TPSA) is 18.5 Å². The molecule has 3 atom stereocenters. The highest BCUT2D eigenvalue weighted by Crippen LogP contribution is 2.48. The van der Waals surface area contributed by atoms with E-state index in [0.29, 0.717) is 16.7 Å².